The van der Waals surface area contributed by atoms with Crippen LogP contribution in [0.3, 0.4) is 0 Å². The van der Waals surface area contributed by atoms with Crippen LogP contribution in [0.4, 0.5) is 11.4 Å². The van der Waals surface area contributed by atoms with Crippen molar-refractivity contribution in [2.45, 2.75) is 29.1 Å². The van der Waals surface area contributed by atoms with Gasteiger partial charge in [0.15, 0.2) is 4.90 Å². The highest BCUT2D eigenvalue weighted by Crippen LogP contribution is 2.32. The molecule has 3 rings (SSSR count). The third-order valence-electron chi connectivity index (χ3n) is 5.07. The van der Waals surface area contributed by atoms with Crippen molar-refractivity contribution in [3.05, 3.63) is 58.1 Å². The van der Waals surface area contributed by atoms with Gasteiger partial charge >= 0.3 is 0 Å². The number of anilines is 1. The van der Waals surface area contributed by atoms with Crippen LogP contribution in [0.5, 0.6) is 0 Å². The molecule has 160 valence electrons. The van der Waals surface area contributed by atoms with Crippen molar-refractivity contribution in [1.82, 2.24) is 4.90 Å². The second-order valence-corrected chi connectivity index (χ2v) is 9.02. The fourth-order valence-corrected chi connectivity index (χ4v) is 5.16. The Morgan fingerprint density at radius 3 is 2.40 bits per heavy atom. The minimum Gasteiger partial charge on any atom is -0.385 e. The minimum atomic E-state index is -4.32. The number of likely N-dealkylation sites (tertiary alicyclic amines) is 1. The number of nitro benzene ring substituents is 1. The molecule has 0 aliphatic carbocycles. The lowest BCUT2D eigenvalue weighted by molar-refractivity contribution is -0.387. The van der Waals surface area contributed by atoms with Crippen molar-refractivity contribution < 1.29 is 18.1 Å². The van der Waals surface area contributed by atoms with E-state index in [2.05, 4.69) is 10.2 Å². The van der Waals surface area contributed by atoms with Crippen molar-refractivity contribution in [3.63, 3.8) is 0 Å². The van der Waals surface area contributed by atoms with Crippen molar-refractivity contribution in [1.29, 1.82) is 0 Å². The van der Waals surface area contributed by atoms with E-state index in [0.717, 1.165) is 44.4 Å². The molecule has 30 heavy (non-hydrogen) atoms. The summed E-state index contributed by atoms with van der Waals surface area (Å²) in [5.74, 6) is -1.05. The van der Waals surface area contributed by atoms with Crippen molar-refractivity contribution >= 4 is 27.1 Å². The van der Waals surface area contributed by atoms with Crippen LogP contribution in [0, 0.1) is 10.1 Å². The number of hydrogen-bond donors (Lipinski definition) is 2. The molecule has 1 fully saturated rings. The predicted octanol–water partition coefficient (Wildman–Crippen LogP) is 2.42. The molecule has 0 unspecified atom stereocenters. The van der Waals surface area contributed by atoms with Gasteiger partial charge in [-0.2, -0.15) is 0 Å². The van der Waals surface area contributed by atoms with E-state index in [4.69, 9.17) is 5.73 Å². The molecule has 1 heterocycles. The summed E-state index contributed by atoms with van der Waals surface area (Å²) in [5.41, 5.74) is 4.91. The molecule has 2 aromatic carbocycles. The first kappa shape index (κ1) is 21.7. The van der Waals surface area contributed by atoms with E-state index in [0.29, 0.717) is 0 Å². The van der Waals surface area contributed by atoms with Gasteiger partial charge < -0.3 is 16.0 Å². The van der Waals surface area contributed by atoms with Gasteiger partial charge in [-0.3, -0.25) is 14.9 Å². The Balaban J connectivity index is 1.77. The van der Waals surface area contributed by atoms with E-state index in [1.54, 1.807) is 12.1 Å². The molecular weight excluding hydrogens is 408 g/mol. The average Bonchev–Trinajstić information content (AvgIpc) is 3.24. The molecule has 0 radical (unpaired) electrons. The zero-order valence-corrected chi connectivity index (χ0v) is 17.2. The van der Waals surface area contributed by atoms with E-state index < -0.39 is 36.8 Å². The van der Waals surface area contributed by atoms with E-state index in [1.165, 1.54) is 37.1 Å². The third kappa shape index (κ3) is 4.77. The van der Waals surface area contributed by atoms with Gasteiger partial charge in [-0.05, 0) is 69.2 Å². The molecule has 1 saturated heterocycles. The Morgan fingerprint density at radius 1 is 1.13 bits per heavy atom. The summed E-state index contributed by atoms with van der Waals surface area (Å²) in [6.45, 7) is 4.06. The van der Waals surface area contributed by atoms with E-state index >= 15 is 0 Å². The zero-order chi connectivity index (χ0) is 21.7. The van der Waals surface area contributed by atoms with Gasteiger partial charge in [-0.25, -0.2) is 8.42 Å². The number of carbonyl (C=O) groups excluding carboxylic acids is 1. The van der Waals surface area contributed by atoms with Gasteiger partial charge in [0.1, 0.15) is 0 Å². The quantitative estimate of drug-likeness (QED) is 0.353. The van der Waals surface area contributed by atoms with Gasteiger partial charge in [-0.15, -0.1) is 0 Å². The number of primary amides is 1. The summed E-state index contributed by atoms with van der Waals surface area (Å²) in [7, 11) is -4.32. The second kappa shape index (κ2) is 9.23. The molecule has 1 amide bonds. The molecule has 0 atom stereocenters. The normalized spacial score (nSPS) is 14.5. The molecule has 0 aromatic heterocycles. The van der Waals surface area contributed by atoms with Gasteiger partial charge in [0.25, 0.3) is 5.69 Å². The second-order valence-electron chi connectivity index (χ2n) is 7.13. The Labute approximate surface area is 174 Å². The first-order valence-corrected chi connectivity index (χ1v) is 11.2. The number of amides is 1. The highest BCUT2D eigenvalue weighted by Gasteiger charge is 2.32. The molecule has 9 nitrogen and oxygen atoms in total. The van der Waals surface area contributed by atoms with Crippen molar-refractivity contribution in [2.24, 2.45) is 5.73 Å². The van der Waals surface area contributed by atoms with E-state index in [-0.39, 0.29) is 4.90 Å². The molecule has 1 aliphatic rings. The number of hydrogen-bond acceptors (Lipinski definition) is 7. The largest absolute Gasteiger partial charge is 0.385 e. The summed E-state index contributed by atoms with van der Waals surface area (Å²) < 4.78 is 26.1. The Bertz CT molecular complexity index is 999. The number of sulfone groups is 1. The summed E-state index contributed by atoms with van der Waals surface area (Å²) in [6.07, 6.45) is 3.47. The lowest BCUT2D eigenvalue weighted by atomic mass is 10.2. The zero-order valence-electron chi connectivity index (χ0n) is 16.4. The number of nitrogens with two attached hydrogens (primary N) is 1. The van der Waals surface area contributed by atoms with Crippen molar-refractivity contribution in [2.75, 3.05) is 31.5 Å². The lowest BCUT2D eigenvalue weighted by Gasteiger charge is -2.15. The average molecular weight is 433 g/mol. The van der Waals surface area contributed by atoms with Crippen LogP contribution in [0.15, 0.2) is 52.3 Å². The summed E-state index contributed by atoms with van der Waals surface area (Å²) in [6, 6.07) is 9.35. The monoisotopic (exact) mass is 432 g/mol. The molecule has 10 heteroatoms. The maximum atomic E-state index is 13.1. The SMILES string of the molecule is NC(=O)c1cccc([N+](=O)[O-])c1S(=O)(=O)c1ccc(NCCCN2CCCC2)cc1. The maximum Gasteiger partial charge on any atom is 0.289 e. The Hall–Kier alpha value is -2.98. The van der Waals surface area contributed by atoms with Crippen LogP contribution in [-0.2, 0) is 9.84 Å². The van der Waals surface area contributed by atoms with Crippen LogP contribution in [0.1, 0.15) is 29.6 Å². The predicted molar refractivity (Wildman–Crippen MR) is 112 cm³/mol. The Morgan fingerprint density at radius 2 is 1.80 bits per heavy atom. The van der Waals surface area contributed by atoms with Crippen molar-refractivity contribution in [3.8, 4) is 0 Å². The first-order chi connectivity index (χ1) is 14.3. The number of nitrogens with zero attached hydrogens (tertiary/aromatic N) is 2. The van der Waals surface area contributed by atoms with Crippen LogP contribution >= 0.6 is 0 Å². The summed E-state index contributed by atoms with van der Waals surface area (Å²) in [5, 5.41) is 14.6. The molecule has 1 aliphatic heterocycles. The maximum absolute atomic E-state index is 13.1. The summed E-state index contributed by atoms with van der Waals surface area (Å²) in [4.78, 5) is 23.8. The molecule has 2 aromatic rings. The minimum absolute atomic E-state index is 0.151. The van der Waals surface area contributed by atoms with Crippen LogP contribution < -0.4 is 11.1 Å². The van der Waals surface area contributed by atoms with Gasteiger partial charge in [0.2, 0.25) is 15.7 Å². The Kier molecular flexibility index (Phi) is 6.68. The van der Waals surface area contributed by atoms with Gasteiger partial charge in [0, 0.05) is 18.3 Å². The molecule has 0 bridgehead atoms. The molecule has 0 spiro atoms. The van der Waals surface area contributed by atoms with Gasteiger partial charge in [-0.1, -0.05) is 6.07 Å². The molecule has 3 N–H and O–H groups in total. The number of nitro groups is 1. The smallest absolute Gasteiger partial charge is 0.289 e. The standard InChI is InChI=1S/C20H24N4O5S/c21-20(25)17-5-3-6-18(24(26)27)19(17)30(28,29)16-9-7-15(8-10-16)22-11-4-14-23-12-1-2-13-23/h3,5-10,22H,1-2,4,11-14H2,(H2,21,25). The van der Waals surface area contributed by atoms with E-state index in [9.17, 15) is 23.3 Å². The van der Waals surface area contributed by atoms with Crippen LogP contribution in [0.25, 0.3) is 0 Å². The van der Waals surface area contributed by atoms with E-state index in [1.807, 2.05) is 0 Å². The number of nitrogens with one attached hydrogen (secondary N) is 1. The highest BCUT2D eigenvalue weighted by atomic mass is 32.2. The summed E-state index contributed by atoms with van der Waals surface area (Å²) >= 11 is 0. The fourth-order valence-electron chi connectivity index (χ4n) is 3.56. The molecule has 0 saturated carbocycles. The highest BCUT2D eigenvalue weighted by molar-refractivity contribution is 7.91. The van der Waals surface area contributed by atoms with Crippen LogP contribution in [0.2, 0.25) is 0 Å². The number of carbonyl (C=O) groups is 1. The lowest BCUT2D eigenvalue weighted by Crippen LogP contribution is -2.22. The molecular formula is C20H24N4O5S. The third-order valence-corrected chi connectivity index (χ3v) is 6.93. The number of benzene rings is 2. The van der Waals surface area contributed by atoms with Crippen LogP contribution in [-0.4, -0.2) is 50.3 Å². The first-order valence-electron chi connectivity index (χ1n) is 9.69. The topological polar surface area (TPSA) is 136 Å². The van der Waals surface area contributed by atoms with Gasteiger partial charge in [0.05, 0.1) is 15.4 Å². The number of rotatable bonds is 9. The fraction of sp³-hybridized carbons (Fsp3) is 0.350.